The molecule has 2 N–H and O–H groups in total. The molecule has 18 heavy (non-hydrogen) atoms. The molecule has 0 aliphatic rings. The summed E-state index contributed by atoms with van der Waals surface area (Å²) in [5.41, 5.74) is 8.08. The van der Waals surface area contributed by atoms with Crippen molar-refractivity contribution < 1.29 is 4.74 Å². The molecule has 2 rings (SSSR count). The number of rotatable bonds is 2. The zero-order valence-corrected chi connectivity index (χ0v) is 10.5. The molecule has 0 unspecified atom stereocenters. The highest BCUT2D eigenvalue weighted by molar-refractivity contribution is 6.33. The van der Waals surface area contributed by atoms with Crippen molar-refractivity contribution in [3.05, 3.63) is 47.0 Å². The number of nitrogens with zero attached hydrogens (tertiary/aromatic N) is 1. The molecule has 0 heterocycles. The molecular weight excluding hydrogens is 248 g/mol. The van der Waals surface area contributed by atoms with Crippen LogP contribution >= 0.6 is 11.6 Å². The molecule has 0 atom stereocenters. The molecule has 0 spiro atoms. The standard InChI is InChI=1S/C14H11ClN2O/c1-18-9-6-11(12(8-16)14(17)7-9)10-4-2-3-5-13(10)15/h2-7H,17H2,1H3. The fourth-order valence-corrected chi connectivity index (χ4v) is 2.01. The van der Waals surface area contributed by atoms with E-state index in [1.165, 1.54) is 0 Å². The van der Waals surface area contributed by atoms with E-state index in [1.54, 1.807) is 25.3 Å². The van der Waals surface area contributed by atoms with Gasteiger partial charge in [0.2, 0.25) is 0 Å². The second kappa shape index (κ2) is 4.99. The molecule has 4 heteroatoms. The molecule has 0 amide bonds. The van der Waals surface area contributed by atoms with Crippen LogP contribution in [-0.2, 0) is 0 Å². The summed E-state index contributed by atoms with van der Waals surface area (Å²) in [6.45, 7) is 0. The highest BCUT2D eigenvalue weighted by Gasteiger charge is 2.13. The zero-order chi connectivity index (χ0) is 13.1. The van der Waals surface area contributed by atoms with Crippen LogP contribution in [0.2, 0.25) is 5.02 Å². The van der Waals surface area contributed by atoms with Gasteiger partial charge in [0.05, 0.1) is 18.4 Å². The Labute approximate surface area is 110 Å². The number of halogens is 1. The summed E-state index contributed by atoms with van der Waals surface area (Å²) in [5.74, 6) is 0.599. The van der Waals surface area contributed by atoms with Gasteiger partial charge in [0.1, 0.15) is 11.8 Å². The molecule has 0 saturated carbocycles. The van der Waals surface area contributed by atoms with Gasteiger partial charge in [0, 0.05) is 22.2 Å². The van der Waals surface area contributed by atoms with E-state index in [0.29, 0.717) is 27.6 Å². The molecule has 0 radical (unpaired) electrons. The lowest BCUT2D eigenvalue weighted by atomic mass is 9.98. The average molecular weight is 259 g/mol. The van der Waals surface area contributed by atoms with Crippen LogP contribution in [0.15, 0.2) is 36.4 Å². The first-order chi connectivity index (χ1) is 8.67. The van der Waals surface area contributed by atoms with Gasteiger partial charge in [-0.2, -0.15) is 5.26 Å². The number of hydrogen-bond acceptors (Lipinski definition) is 3. The first kappa shape index (κ1) is 12.3. The predicted molar refractivity (Wildman–Crippen MR) is 72.6 cm³/mol. The summed E-state index contributed by atoms with van der Waals surface area (Å²) >= 11 is 6.14. The van der Waals surface area contributed by atoms with Gasteiger partial charge in [-0.3, -0.25) is 0 Å². The van der Waals surface area contributed by atoms with Gasteiger partial charge in [-0.15, -0.1) is 0 Å². The number of benzene rings is 2. The predicted octanol–water partition coefficient (Wildman–Crippen LogP) is 3.47. The number of ether oxygens (including phenoxy) is 1. The molecule has 2 aromatic carbocycles. The van der Waals surface area contributed by atoms with Crippen LogP contribution in [0, 0.1) is 11.3 Å². The van der Waals surface area contributed by atoms with Crippen molar-refractivity contribution in [2.45, 2.75) is 0 Å². The smallest absolute Gasteiger partial charge is 0.121 e. The van der Waals surface area contributed by atoms with E-state index in [2.05, 4.69) is 6.07 Å². The molecule has 0 fully saturated rings. The van der Waals surface area contributed by atoms with E-state index < -0.39 is 0 Å². The Morgan fingerprint density at radius 3 is 2.56 bits per heavy atom. The fraction of sp³-hybridized carbons (Fsp3) is 0.0714. The maximum atomic E-state index is 9.20. The third-order valence-electron chi connectivity index (χ3n) is 2.65. The third-order valence-corrected chi connectivity index (χ3v) is 2.98. The molecule has 2 aromatic rings. The van der Waals surface area contributed by atoms with Crippen LogP contribution in [0.1, 0.15) is 5.56 Å². The van der Waals surface area contributed by atoms with Gasteiger partial charge >= 0.3 is 0 Å². The summed E-state index contributed by atoms with van der Waals surface area (Å²) in [6.07, 6.45) is 0. The van der Waals surface area contributed by atoms with Crippen LogP contribution in [0.3, 0.4) is 0 Å². The maximum absolute atomic E-state index is 9.20. The van der Waals surface area contributed by atoms with Gasteiger partial charge in [-0.1, -0.05) is 29.8 Å². The summed E-state index contributed by atoms with van der Waals surface area (Å²) < 4.78 is 5.16. The summed E-state index contributed by atoms with van der Waals surface area (Å²) in [7, 11) is 1.55. The molecule has 0 aliphatic heterocycles. The van der Waals surface area contributed by atoms with Crippen molar-refractivity contribution in [1.29, 1.82) is 5.26 Å². The number of anilines is 1. The van der Waals surface area contributed by atoms with Gasteiger partial charge in [-0.05, 0) is 12.1 Å². The van der Waals surface area contributed by atoms with Gasteiger partial charge in [-0.25, -0.2) is 0 Å². The summed E-state index contributed by atoms with van der Waals surface area (Å²) in [6, 6.07) is 12.8. The third kappa shape index (κ3) is 2.11. The maximum Gasteiger partial charge on any atom is 0.121 e. The van der Waals surface area contributed by atoms with Crippen molar-refractivity contribution >= 4 is 17.3 Å². The van der Waals surface area contributed by atoms with E-state index in [9.17, 15) is 5.26 Å². The number of hydrogen-bond donors (Lipinski definition) is 1. The van der Waals surface area contributed by atoms with Crippen LogP contribution < -0.4 is 10.5 Å². The van der Waals surface area contributed by atoms with Crippen LogP contribution in [0.25, 0.3) is 11.1 Å². The Morgan fingerprint density at radius 1 is 1.22 bits per heavy atom. The highest BCUT2D eigenvalue weighted by Crippen LogP contribution is 2.35. The van der Waals surface area contributed by atoms with Crippen molar-refractivity contribution in [3.63, 3.8) is 0 Å². The summed E-state index contributed by atoms with van der Waals surface area (Å²) in [5, 5.41) is 9.77. The number of methoxy groups -OCH3 is 1. The van der Waals surface area contributed by atoms with E-state index in [1.807, 2.05) is 18.2 Å². The van der Waals surface area contributed by atoms with Crippen LogP contribution in [0.5, 0.6) is 5.75 Å². The topological polar surface area (TPSA) is 59.0 Å². The van der Waals surface area contributed by atoms with Crippen LogP contribution in [-0.4, -0.2) is 7.11 Å². The van der Waals surface area contributed by atoms with Crippen molar-refractivity contribution in [2.75, 3.05) is 12.8 Å². The largest absolute Gasteiger partial charge is 0.497 e. The minimum absolute atomic E-state index is 0.381. The lowest BCUT2D eigenvalue weighted by molar-refractivity contribution is 0.415. The highest BCUT2D eigenvalue weighted by atomic mass is 35.5. The minimum Gasteiger partial charge on any atom is -0.497 e. The van der Waals surface area contributed by atoms with Crippen molar-refractivity contribution in [1.82, 2.24) is 0 Å². The Bertz CT molecular complexity index is 632. The summed E-state index contributed by atoms with van der Waals surface area (Å²) in [4.78, 5) is 0. The lowest BCUT2D eigenvalue weighted by Gasteiger charge is -2.11. The van der Waals surface area contributed by atoms with E-state index in [0.717, 1.165) is 5.56 Å². The normalized spacial score (nSPS) is 9.83. The SMILES string of the molecule is COc1cc(N)c(C#N)c(-c2ccccc2Cl)c1. The zero-order valence-electron chi connectivity index (χ0n) is 9.77. The van der Waals surface area contributed by atoms with Gasteiger partial charge in [0.25, 0.3) is 0 Å². The molecule has 0 aromatic heterocycles. The molecule has 90 valence electrons. The number of nitrogens with two attached hydrogens (primary N) is 1. The first-order valence-electron chi connectivity index (χ1n) is 5.30. The quantitative estimate of drug-likeness (QED) is 0.839. The Hall–Kier alpha value is -2.18. The van der Waals surface area contributed by atoms with Crippen LogP contribution in [0.4, 0.5) is 5.69 Å². The van der Waals surface area contributed by atoms with Crippen molar-refractivity contribution in [2.24, 2.45) is 0 Å². The Morgan fingerprint density at radius 2 is 1.94 bits per heavy atom. The fourth-order valence-electron chi connectivity index (χ4n) is 1.77. The average Bonchev–Trinajstić information content (AvgIpc) is 2.38. The molecule has 0 saturated heterocycles. The Kier molecular flexibility index (Phi) is 3.40. The van der Waals surface area contributed by atoms with E-state index in [4.69, 9.17) is 22.1 Å². The minimum atomic E-state index is 0.381. The second-order valence-corrected chi connectivity index (χ2v) is 4.14. The second-order valence-electron chi connectivity index (χ2n) is 3.73. The van der Waals surface area contributed by atoms with Gasteiger partial charge < -0.3 is 10.5 Å². The number of nitrogen functional groups attached to an aromatic ring is 1. The van der Waals surface area contributed by atoms with Crippen molar-refractivity contribution in [3.8, 4) is 22.9 Å². The monoisotopic (exact) mass is 258 g/mol. The molecule has 0 bridgehead atoms. The first-order valence-corrected chi connectivity index (χ1v) is 5.67. The Balaban J connectivity index is 2.74. The van der Waals surface area contributed by atoms with E-state index >= 15 is 0 Å². The molecule has 0 aliphatic carbocycles. The van der Waals surface area contributed by atoms with Gasteiger partial charge in [0.15, 0.2) is 0 Å². The lowest BCUT2D eigenvalue weighted by Crippen LogP contribution is -1.96. The van der Waals surface area contributed by atoms with E-state index in [-0.39, 0.29) is 0 Å². The number of nitriles is 1. The molecular formula is C14H11ClN2O. The molecule has 3 nitrogen and oxygen atoms in total.